The monoisotopic (exact) mass is 754 g/mol. The summed E-state index contributed by atoms with van der Waals surface area (Å²) in [5.74, 6) is 0. The number of nitrogens with zero attached hydrogens (tertiary/aromatic N) is 2. The Kier molecular flexibility index (Phi) is 6.86. The Morgan fingerprint density at radius 1 is 0.424 bits per heavy atom. The molecule has 0 radical (unpaired) electrons. The summed E-state index contributed by atoms with van der Waals surface area (Å²) in [6, 6.07) is 69.5. The molecule has 10 aromatic carbocycles. The molecule has 278 valence electrons. The molecule has 0 aliphatic heterocycles. The number of aromatic nitrogens is 1. The number of para-hydroxylation sites is 3. The zero-order chi connectivity index (χ0) is 41.0. The van der Waals surface area contributed by atoms with E-state index in [0.717, 1.165) is 60.8 Å². The summed E-state index contributed by atoms with van der Waals surface area (Å²) in [7, 11) is 0. The van der Waals surface area contributed by atoms with Gasteiger partial charge < -0.3 is 9.47 Å². The molecule has 0 atom stereocenters. The standard InChI is InChI=1S/C57H40N2/c1-57(2)51-18-11-12-39-23-26-42-33-38(34-52(57)56(42)55(39)51)21-20-37-22-29-47-40(32-37)24-25-41-35-45(27-30-48(41)47)58(43-13-5-3-6-14-43)46-28-31-54-50(36-46)49-17-9-10-19-53(49)59(54)44-15-7-4-8-16-44/h3-36H,1-2H3/b21-20+/i20D,21D. The van der Waals surface area contributed by atoms with Crippen molar-refractivity contribution in [3.05, 3.63) is 216 Å². The smallest absolute Gasteiger partial charge is 0.0629 e. The lowest BCUT2D eigenvalue weighted by Crippen LogP contribution is -2.15. The number of anilines is 3. The average Bonchev–Trinajstić information content (AvgIpc) is 3.76. The van der Waals surface area contributed by atoms with Crippen molar-refractivity contribution >= 4 is 94.1 Å². The third-order valence-electron chi connectivity index (χ3n) is 12.7. The van der Waals surface area contributed by atoms with E-state index in [1.165, 1.54) is 49.1 Å². The zero-order valence-electron chi connectivity index (χ0n) is 34.9. The van der Waals surface area contributed by atoms with Gasteiger partial charge in [-0.15, -0.1) is 0 Å². The Morgan fingerprint density at radius 2 is 1.05 bits per heavy atom. The Balaban J connectivity index is 0.936. The minimum atomic E-state index is -0.181. The molecular weight excluding hydrogens is 713 g/mol. The van der Waals surface area contributed by atoms with Crippen molar-refractivity contribution in [2.24, 2.45) is 0 Å². The van der Waals surface area contributed by atoms with E-state index in [0.29, 0.717) is 0 Å². The SMILES string of the molecule is [2H]/C(=C(/[2H])c1cc2c3c(ccc4cccc(c43)C2(C)C)c1)c1ccc2c(ccc3cc(N(c4ccccc4)c4ccc5c(c4)c4ccccc4n5-c4ccccc4)ccc32)c1. The fraction of sp³-hybridized carbons (Fsp3) is 0.0526. The van der Waals surface area contributed by atoms with Gasteiger partial charge in [-0.25, -0.2) is 0 Å². The van der Waals surface area contributed by atoms with Gasteiger partial charge in [0.25, 0.3) is 0 Å². The van der Waals surface area contributed by atoms with Crippen molar-refractivity contribution in [3.8, 4) is 5.69 Å². The van der Waals surface area contributed by atoms with Gasteiger partial charge in [-0.3, -0.25) is 0 Å². The zero-order valence-corrected chi connectivity index (χ0v) is 32.9. The predicted molar refractivity (Wildman–Crippen MR) is 253 cm³/mol. The van der Waals surface area contributed by atoms with Gasteiger partial charge >= 0.3 is 0 Å². The second-order valence-electron chi connectivity index (χ2n) is 16.4. The van der Waals surface area contributed by atoms with E-state index >= 15 is 0 Å². The van der Waals surface area contributed by atoms with Crippen LogP contribution in [0.2, 0.25) is 0 Å². The molecule has 0 spiro atoms. The van der Waals surface area contributed by atoms with Gasteiger partial charge in [0, 0.05) is 38.9 Å². The Morgan fingerprint density at radius 3 is 1.90 bits per heavy atom. The highest BCUT2D eigenvalue weighted by Crippen LogP contribution is 2.49. The van der Waals surface area contributed by atoms with E-state index in [4.69, 9.17) is 0 Å². The third-order valence-corrected chi connectivity index (χ3v) is 12.7. The Hall–Kier alpha value is -7.42. The van der Waals surface area contributed by atoms with E-state index in [1.54, 1.807) is 0 Å². The van der Waals surface area contributed by atoms with Crippen LogP contribution in [-0.4, -0.2) is 4.57 Å². The van der Waals surface area contributed by atoms with Crippen LogP contribution < -0.4 is 4.90 Å². The molecule has 0 fully saturated rings. The summed E-state index contributed by atoms with van der Waals surface area (Å²) >= 11 is 0. The van der Waals surface area contributed by atoms with E-state index in [-0.39, 0.29) is 17.5 Å². The topological polar surface area (TPSA) is 8.17 Å². The van der Waals surface area contributed by atoms with Crippen molar-refractivity contribution in [2.45, 2.75) is 19.3 Å². The highest BCUT2D eigenvalue weighted by atomic mass is 15.1. The molecule has 59 heavy (non-hydrogen) atoms. The number of benzene rings is 10. The van der Waals surface area contributed by atoms with Crippen molar-refractivity contribution in [2.75, 3.05) is 4.90 Å². The van der Waals surface area contributed by atoms with Gasteiger partial charge in [-0.1, -0.05) is 147 Å². The largest absolute Gasteiger partial charge is 0.310 e. The van der Waals surface area contributed by atoms with Crippen LogP contribution in [-0.2, 0) is 5.41 Å². The van der Waals surface area contributed by atoms with Gasteiger partial charge in [0.15, 0.2) is 0 Å². The van der Waals surface area contributed by atoms with Gasteiger partial charge in [-0.2, -0.15) is 0 Å². The van der Waals surface area contributed by atoms with Crippen LogP contribution in [0, 0.1) is 0 Å². The van der Waals surface area contributed by atoms with E-state index in [9.17, 15) is 2.74 Å². The van der Waals surface area contributed by atoms with Gasteiger partial charge in [-0.05, 0) is 138 Å². The molecular formula is C57H40N2. The summed E-state index contributed by atoms with van der Waals surface area (Å²) < 4.78 is 21.0. The fourth-order valence-electron chi connectivity index (χ4n) is 9.87. The average molecular weight is 755 g/mol. The van der Waals surface area contributed by atoms with Crippen LogP contribution in [0.25, 0.3) is 82.7 Å². The number of fused-ring (bicyclic) bond motifs is 6. The van der Waals surface area contributed by atoms with Crippen molar-refractivity contribution in [1.29, 1.82) is 0 Å². The maximum atomic E-state index is 9.33. The number of hydrogen-bond donors (Lipinski definition) is 0. The molecule has 2 nitrogen and oxygen atoms in total. The first-order chi connectivity index (χ1) is 29.8. The molecule has 1 aromatic heterocycles. The summed E-state index contributed by atoms with van der Waals surface area (Å²) in [6.07, 6.45) is 0. The highest BCUT2D eigenvalue weighted by molar-refractivity contribution is 6.16. The fourth-order valence-corrected chi connectivity index (χ4v) is 9.87. The van der Waals surface area contributed by atoms with Gasteiger partial charge in [0.2, 0.25) is 0 Å². The van der Waals surface area contributed by atoms with Crippen LogP contribution >= 0.6 is 0 Å². The molecule has 12 rings (SSSR count). The molecule has 1 aliphatic rings. The van der Waals surface area contributed by atoms with Gasteiger partial charge in [0.05, 0.1) is 13.8 Å². The summed E-state index contributed by atoms with van der Waals surface area (Å²) in [5, 5.41) is 11.9. The van der Waals surface area contributed by atoms with Crippen molar-refractivity contribution in [3.63, 3.8) is 0 Å². The van der Waals surface area contributed by atoms with E-state index in [1.807, 2.05) is 6.07 Å². The minimum absolute atomic E-state index is 0.181. The first-order valence-electron chi connectivity index (χ1n) is 21.4. The Labute approximate surface area is 346 Å². The first kappa shape index (κ1) is 31.6. The van der Waals surface area contributed by atoms with Crippen molar-refractivity contribution in [1.82, 2.24) is 4.57 Å². The van der Waals surface area contributed by atoms with Crippen LogP contribution in [0.4, 0.5) is 17.1 Å². The molecule has 0 unspecified atom stereocenters. The Bertz CT molecular complexity index is 3640. The van der Waals surface area contributed by atoms with Crippen molar-refractivity contribution < 1.29 is 2.74 Å². The lowest BCUT2D eigenvalue weighted by Gasteiger charge is -2.26. The van der Waals surface area contributed by atoms with Gasteiger partial charge in [0.1, 0.15) is 0 Å². The van der Waals surface area contributed by atoms with Crippen LogP contribution in [0.5, 0.6) is 0 Å². The van der Waals surface area contributed by atoms with Crippen LogP contribution in [0.3, 0.4) is 0 Å². The molecule has 1 aliphatic carbocycles. The van der Waals surface area contributed by atoms with E-state index in [2.05, 4.69) is 211 Å². The minimum Gasteiger partial charge on any atom is -0.310 e. The molecule has 0 saturated heterocycles. The molecule has 0 bridgehead atoms. The maximum Gasteiger partial charge on any atom is 0.0629 e. The highest BCUT2D eigenvalue weighted by Gasteiger charge is 2.34. The number of rotatable bonds is 6. The molecule has 0 amide bonds. The molecule has 11 aromatic rings. The molecule has 1 heterocycles. The first-order valence-corrected chi connectivity index (χ1v) is 20.4. The second kappa shape index (κ2) is 12.8. The lowest BCUT2D eigenvalue weighted by molar-refractivity contribution is 0.662. The summed E-state index contributed by atoms with van der Waals surface area (Å²) in [5.41, 5.74) is 10.6. The second-order valence-corrected chi connectivity index (χ2v) is 16.4. The predicted octanol–water partition coefficient (Wildman–Crippen LogP) is 15.7. The maximum absolute atomic E-state index is 9.33. The van der Waals surface area contributed by atoms with Crippen LogP contribution in [0.15, 0.2) is 194 Å². The number of hydrogen-bond acceptors (Lipinski definition) is 1. The molecule has 2 heteroatoms. The normalized spacial score (nSPS) is 14.1. The van der Waals surface area contributed by atoms with E-state index < -0.39 is 0 Å². The molecule has 0 N–H and O–H groups in total. The lowest BCUT2D eigenvalue weighted by atomic mass is 9.81. The molecule has 0 saturated carbocycles. The van der Waals surface area contributed by atoms with Crippen LogP contribution in [0.1, 0.15) is 38.8 Å². The summed E-state index contributed by atoms with van der Waals surface area (Å²) in [6.45, 7) is 4.55. The quantitative estimate of drug-likeness (QED) is 0.121. The third kappa shape index (κ3) is 5.20. The summed E-state index contributed by atoms with van der Waals surface area (Å²) in [4.78, 5) is 2.34.